The average Bonchev–Trinajstić information content (AvgIpc) is 3.01. The fourth-order valence-corrected chi connectivity index (χ4v) is 4.56. The van der Waals surface area contributed by atoms with Crippen LogP contribution in [0.4, 0.5) is 11.4 Å². The van der Waals surface area contributed by atoms with Crippen molar-refractivity contribution in [3.05, 3.63) is 70.2 Å². The smallest absolute Gasteiger partial charge is 0.221 e. The molecule has 4 rings (SSSR count). The topological polar surface area (TPSA) is 6.25 Å². The lowest BCUT2D eigenvalue weighted by molar-refractivity contribution is -0.431. The van der Waals surface area contributed by atoms with Crippen LogP contribution in [0.15, 0.2) is 59.1 Å². The molecular formula is C23H24BrClN2. The molecule has 3 aromatic rings. The average molecular weight is 444 g/mol. The first-order valence-electron chi connectivity index (χ1n) is 9.41. The molecule has 0 aromatic heterocycles. The Morgan fingerprint density at radius 1 is 0.889 bits per heavy atom. The van der Waals surface area contributed by atoms with E-state index in [1.165, 1.54) is 39.0 Å². The zero-order valence-electron chi connectivity index (χ0n) is 16.0. The van der Waals surface area contributed by atoms with Gasteiger partial charge in [0.05, 0.1) is 10.9 Å². The summed E-state index contributed by atoms with van der Waals surface area (Å²) in [5, 5.41) is 2.64. The molecule has 1 heterocycles. The second kappa shape index (κ2) is 8.04. The molecule has 0 saturated heterocycles. The van der Waals surface area contributed by atoms with Crippen LogP contribution < -0.4 is 17.3 Å². The molecule has 1 aliphatic rings. The van der Waals surface area contributed by atoms with E-state index >= 15 is 0 Å². The third-order valence-electron chi connectivity index (χ3n) is 5.37. The Labute approximate surface area is 176 Å². The first kappa shape index (κ1) is 19.9. The molecule has 140 valence electrons. The summed E-state index contributed by atoms with van der Waals surface area (Å²) in [4.78, 5) is 2.38. The van der Waals surface area contributed by atoms with Crippen molar-refractivity contribution in [1.29, 1.82) is 0 Å². The molecule has 0 spiro atoms. The second-order valence-electron chi connectivity index (χ2n) is 6.61. The first-order valence-corrected chi connectivity index (χ1v) is 10.2. The Hall–Kier alpha value is -1.84. The normalized spacial score (nSPS) is 12.4. The van der Waals surface area contributed by atoms with Gasteiger partial charge in [0.1, 0.15) is 6.54 Å². The van der Waals surface area contributed by atoms with Crippen LogP contribution in [-0.4, -0.2) is 29.9 Å². The number of halogens is 2. The molecule has 0 bridgehead atoms. The maximum atomic E-state index is 3.72. The Morgan fingerprint density at radius 2 is 1.59 bits per heavy atom. The second-order valence-corrected chi connectivity index (χ2v) is 7.46. The predicted molar refractivity (Wildman–Crippen MR) is 115 cm³/mol. The van der Waals surface area contributed by atoms with E-state index in [-0.39, 0.29) is 12.4 Å². The summed E-state index contributed by atoms with van der Waals surface area (Å²) in [7, 11) is 0. The molecule has 0 aliphatic carbocycles. The van der Waals surface area contributed by atoms with Crippen molar-refractivity contribution in [2.45, 2.75) is 20.8 Å². The van der Waals surface area contributed by atoms with E-state index < -0.39 is 0 Å². The third-order valence-corrected chi connectivity index (χ3v) is 6.06. The lowest BCUT2D eigenvalue weighted by atomic mass is 9.98. The molecule has 1 aliphatic heterocycles. The van der Waals surface area contributed by atoms with Gasteiger partial charge in [-0.15, -0.1) is 0 Å². The summed E-state index contributed by atoms with van der Waals surface area (Å²) in [5.74, 6) is 0. The lowest BCUT2D eigenvalue weighted by Crippen LogP contribution is -3.00. The van der Waals surface area contributed by atoms with Crippen LogP contribution in [0.1, 0.15) is 31.9 Å². The zero-order valence-corrected chi connectivity index (χ0v) is 18.3. The van der Waals surface area contributed by atoms with E-state index in [2.05, 4.69) is 101 Å². The van der Waals surface area contributed by atoms with Crippen molar-refractivity contribution >= 4 is 43.8 Å². The minimum Gasteiger partial charge on any atom is -1.00 e. The Balaban J connectivity index is 0.00000210. The van der Waals surface area contributed by atoms with Gasteiger partial charge in [-0.25, -0.2) is 0 Å². The Bertz CT molecular complexity index is 1000. The van der Waals surface area contributed by atoms with E-state index in [9.17, 15) is 0 Å². The summed E-state index contributed by atoms with van der Waals surface area (Å²) in [6.45, 7) is 9.66. The third kappa shape index (κ3) is 3.17. The maximum absolute atomic E-state index is 3.72. The highest BCUT2D eigenvalue weighted by Gasteiger charge is 2.32. The van der Waals surface area contributed by atoms with Gasteiger partial charge in [-0.05, 0) is 57.2 Å². The van der Waals surface area contributed by atoms with E-state index in [1.807, 2.05) is 0 Å². The quantitative estimate of drug-likeness (QED) is 0.550. The molecule has 0 radical (unpaired) electrons. The summed E-state index contributed by atoms with van der Waals surface area (Å²) < 4.78 is 3.60. The van der Waals surface area contributed by atoms with Gasteiger partial charge in [-0.1, -0.05) is 28.1 Å². The highest BCUT2D eigenvalue weighted by molar-refractivity contribution is 9.10. The van der Waals surface area contributed by atoms with Gasteiger partial charge in [0.2, 0.25) is 11.4 Å². The molecule has 0 atom stereocenters. The first-order chi connectivity index (χ1) is 12.7. The number of hydrogen-bond acceptors (Lipinski definition) is 1. The van der Waals surface area contributed by atoms with Gasteiger partial charge in [-0.2, -0.15) is 4.58 Å². The summed E-state index contributed by atoms with van der Waals surface area (Å²) >= 11 is 3.72. The van der Waals surface area contributed by atoms with E-state index in [0.29, 0.717) is 0 Å². The van der Waals surface area contributed by atoms with Crippen LogP contribution in [0, 0.1) is 0 Å². The minimum absolute atomic E-state index is 0. The summed E-state index contributed by atoms with van der Waals surface area (Å²) in [6, 6.07) is 20.1. The maximum Gasteiger partial charge on any atom is 0.221 e. The SMILES string of the molecule is CCN(CC)c1ccc(C2=[N+](CC)c3ccc(Br)c4cccc2c34)cc1.[Cl-]. The van der Waals surface area contributed by atoms with Crippen molar-refractivity contribution in [2.75, 3.05) is 24.5 Å². The molecule has 3 aromatic carbocycles. The fraction of sp³-hybridized carbons (Fsp3) is 0.261. The van der Waals surface area contributed by atoms with Gasteiger partial charge in [0.25, 0.3) is 0 Å². The number of anilines is 1. The molecule has 0 N–H and O–H groups in total. The van der Waals surface area contributed by atoms with E-state index in [4.69, 9.17) is 0 Å². The van der Waals surface area contributed by atoms with Crippen LogP contribution in [0.3, 0.4) is 0 Å². The Kier molecular flexibility index (Phi) is 5.92. The zero-order chi connectivity index (χ0) is 18.3. The predicted octanol–water partition coefficient (Wildman–Crippen LogP) is 2.97. The number of rotatable bonds is 5. The van der Waals surface area contributed by atoms with Crippen molar-refractivity contribution in [2.24, 2.45) is 0 Å². The number of nitrogens with zero attached hydrogens (tertiary/aromatic N) is 2. The number of hydrogen-bond donors (Lipinski definition) is 0. The van der Waals surface area contributed by atoms with Gasteiger partial charge in [0, 0.05) is 40.3 Å². The van der Waals surface area contributed by atoms with Crippen LogP contribution >= 0.6 is 15.9 Å². The van der Waals surface area contributed by atoms with Crippen molar-refractivity contribution < 1.29 is 17.0 Å². The highest BCUT2D eigenvalue weighted by atomic mass is 79.9. The molecule has 0 unspecified atom stereocenters. The van der Waals surface area contributed by atoms with Gasteiger partial charge < -0.3 is 17.3 Å². The summed E-state index contributed by atoms with van der Waals surface area (Å²) in [6.07, 6.45) is 0. The molecule has 4 heteroatoms. The van der Waals surface area contributed by atoms with Crippen LogP contribution in [0.2, 0.25) is 0 Å². The van der Waals surface area contributed by atoms with Crippen LogP contribution in [0.25, 0.3) is 10.8 Å². The highest BCUT2D eigenvalue weighted by Crippen LogP contribution is 2.40. The van der Waals surface area contributed by atoms with Crippen LogP contribution in [0.5, 0.6) is 0 Å². The van der Waals surface area contributed by atoms with E-state index in [0.717, 1.165) is 24.1 Å². The van der Waals surface area contributed by atoms with Crippen molar-refractivity contribution in [3.8, 4) is 0 Å². The standard InChI is InChI=1S/C23H24BrN2.ClH/c1-4-25(5-2)17-12-10-16(11-13-17)23-19-9-7-8-18-20(24)14-15-21(22(18)19)26(23)6-3;/h7-15H,4-6H2,1-3H3;1H/q+1;/p-1. The van der Waals surface area contributed by atoms with Crippen LogP contribution in [-0.2, 0) is 0 Å². The molecule has 2 nitrogen and oxygen atoms in total. The fourth-order valence-electron chi connectivity index (χ4n) is 4.10. The minimum atomic E-state index is 0. The van der Waals surface area contributed by atoms with Gasteiger partial charge >= 0.3 is 0 Å². The monoisotopic (exact) mass is 442 g/mol. The summed E-state index contributed by atoms with van der Waals surface area (Å²) in [5.41, 5.74) is 6.53. The molecule has 0 amide bonds. The molecular weight excluding hydrogens is 420 g/mol. The largest absolute Gasteiger partial charge is 1.00 e. The number of benzene rings is 3. The van der Waals surface area contributed by atoms with Gasteiger partial charge in [0.15, 0.2) is 0 Å². The molecule has 0 saturated carbocycles. The molecule has 27 heavy (non-hydrogen) atoms. The molecule has 0 fully saturated rings. The Morgan fingerprint density at radius 3 is 2.22 bits per heavy atom. The van der Waals surface area contributed by atoms with Crippen molar-refractivity contribution in [1.82, 2.24) is 0 Å². The van der Waals surface area contributed by atoms with E-state index in [1.54, 1.807) is 0 Å². The van der Waals surface area contributed by atoms with Gasteiger partial charge in [-0.3, -0.25) is 0 Å². The van der Waals surface area contributed by atoms with Crippen molar-refractivity contribution in [3.63, 3.8) is 0 Å². The lowest BCUT2D eigenvalue weighted by Gasteiger charge is -2.21.